The maximum absolute atomic E-state index is 4.22. The molecule has 0 N–H and O–H groups in total. The van der Waals surface area contributed by atoms with E-state index in [4.69, 9.17) is 0 Å². The molecule has 0 bridgehead atoms. The summed E-state index contributed by atoms with van der Waals surface area (Å²) >= 11 is 1.98. The van der Waals surface area contributed by atoms with Crippen molar-refractivity contribution >= 4 is 17.8 Å². The van der Waals surface area contributed by atoms with Gasteiger partial charge in [-0.1, -0.05) is 63.1 Å². The molecule has 0 aliphatic heterocycles. The Balaban J connectivity index is 1.88. The molecule has 2 rings (SSSR count). The fourth-order valence-electron chi connectivity index (χ4n) is 2.93. The van der Waals surface area contributed by atoms with E-state index in [-0.39, 0.29) is 0 Å². The van der Waals surface area contributed by atoms with Crippen LogP contribution in [0.3, 0.4) is 0 Å². The fourth-order valence-corrected chi connectivity index (χ4v) is 4.16. The van der Waals surface area contributed by atoms with Gasteiger partial charge in [0, 0.05) is 10.2 Å². The summed E-state index contributed by atoms with van der Waals surface area (Å²) in [6.45, 7) is 8.70. The van der Waals surface area contributed by atoms with E-state index in [0.717, 1.165) is 11.2 Å². The molecule has 0 saturated heterocycles. The van der Waals surface area contributed by atoms with Gasteiger partial charge in [0.1, 0.15) is 0 Å². The van der Waals surface area contributed by atoms with Crippen molar-refractivity contribution in [2.45, 2.75) is 51.2 Å². The topological polar surface area (TPSA) is 0 Å². The predicted molar refractivity (Wildman–Crippen MR) is 93.0 cm³/mol. The van der Waals surface area contributed by atoms with Gasteiger partial charge in [0.05, 0.1) is 0 Å². The summed E-state index contributed by atoms with van der Waals surface area (Å²) in [4.78, 5) is 1.20. The van der Waals surface area contributed by atoms with Gasteiger partial charge in [-0.05, 0) is 42.9 Å². The van der Waals surface area contributed by atoms with Crippen LogP contribution in [0, 0.1) is 12.8 Å². The van der Waals surface area contributed by atoms with Gasteiger partial charge >= 0.3 is 0 Å². The first kappa shape index (κ1) is 15.4. The molecule has 1 heteroatoms. The number of rotatable bonds is 5. The van der Waals surface area contributed by atoms with E-state index in [1.807, 2.05) is 11.8 Å². The molecule has 0 nitrogen and oxygen atoms in total. The standard InChI is InChI=1S/C19H26S/c1-4-17-9-7-11-19(14-17)20-16(3)12-13-18-10-6-5-8-15(18)2/h5-6,8,10,12-13,17,19H,3-4,7,9,11,14H2,1-2H3/b13-12-. The van der Waals surface area contributed by atoms with Crippen molar-refractivity contribution in [3.8, 4) is 0 Å². The van der Waals surface area contributed by atoms with Crippen molar-refractivity contribution in [1.82, 2.24) is 0 Å². The third kappa shape index (κ3) is 4.56. The smallest absolute Gasteiger partial charge is 0.00968 e. The summed E-state index contributed by atoms with van der Waals surface area (Å²) in [6, 6.07) is 8.50. The fraction of sp³-hybridized carbons (Fsp3) is 0.474. The van der Waals surface area contributed by atoms with Gasteiger partial charge in [-0.3, -0.25) is 0 Å². The van der Waals surface area contributed by atoms with Crippen LogP contribution in [-0.4, -0.2) is 5.25 Å². The minimum absolute atomic E-state index is 0.780. The number of allylic oxidation sites excluding steroid dienone is 1. The normalized spacial score (nSPS) is 23.1. The molecule has 108 valence electrons. The molecule has 2 atom stereocenters. The van der Waals surface area contributed by atoms with Crippen LogP contribution in [-0.2, 0) is 0 Å². The lowest BCUT2D eigenvalue weighted by atomic mass is 9.87. The van der Waals surface area contributed by atoms with E-state index in [1.165, 1.54) is 48.1 Å². The van der Waals surface area contributed by atoms with Gasteiger partial charge in [0.15, 0.2) is 0 Å². The highest BCUT2D eigenvalue weighted by atomic mass is 32.2. The minimum Gasteiger partial charge on any atom is -0.123 e. The monoisotopic (exact) mass is 286 g/mol. The molecule has 20 heavy (non-hydrogen) atoms. The second-order valence-electron chi connectivity index (χ2n) is 5.84. The molecule has 1 aliphatic rings. The first-order valence-corrected chi connectivity index (χ1v) is 8.66. The lowest BCUT2D eigenvalue weighted by molar-refractivity contribution is 0.358. The molecule has 0 spiro atoms. The van der Waals surface area contributed by atoms with Crippen LogP contribution in [0.2, 0.25) is 0 Å². The van der Waals surface area contributed by atoms with Crippen molar-refractivity contribution in [3.63, 3.8) is 0 Å². The van der Waals surface area contributed by atoms with E-state index in [0.29, 0.717) is 0 Å². The zero-order chi connectivity index (χ0) is 14.4. The molecular formula is C19H26S. The Morgan fingerprint density at radius 2 is 2.15 bits per heavy atom. The quantitative estimate of drug-likeness (QED) is 0.579. The van der Waals surface area contributed by atoms with Crippen LogP contribution >= 0.6 is 11.8 Å². The molecule has 1 aromatic carbocycles. The molecule has 1 aliphatic carbocycles. The summed E-state index contributed by atoms with van der Waals surface area (Å²) in [5, 5.41) is 0.780. The zero-order valence-corrected chi connectivity index (χ0v) is 13.6. The van der Waals surface area contributed by atoms with Crippen molar-refractivity contribution < 1.29 is 0 Å². The van der Waals surface area contributed by atoms with Crippen molar-refractivity contribution in [2.75, 3.05) is 0 Å². The third-order valence-corrected chi connectivity index (χ3v) is 5.47. The van der Waals surface area contributed by atoms with E-state index < -0.39 is 0 Å². The van der Waals surface area contributed by atoms with Gasteiger partial charge in [-0.2, -0.15) is 0 Å². The number of hydrogen-bond donors (Lipinski definition) is 0. The van der Waals surface area contributed by atoms with E-state index in [2.05, 4.69) is 56.8 Å². The van der Waals surface area contributed by atoms with Gasteiger partial charge in [-0.25, -0.2) is 0 Å². The largest absolute Gasteiger partial charge is 0.123 e. The molecule has 1 fully saturated rings. The average molecular weight is 286 g/mol. The van der Waals surface area contributed by atoms with E-state index >= 15 is 0 Å². The number of benzene rings is 1. The Morgan fingerprint density at radius 1 is 1.35 bits per heavy atom. The van der Waals surface area contributed by atoms with Crippen molar-refractivity contribution in [1.29, 1.82) is 0 Å². The van der Waals surface area contributed by atoms with Crippen molar-refractivity contribution in [3.05, 3.63) is 53.0 Å². The Labute approximate surface area is 128 Å². The molecule has 1 saturated carbocycles. The van der Waals surface area contributed by atoms with Crippen LogP contribution in [0.1, 0.15) is 50.2 Å². The van der Waals surface area contributed by atoms with Gasteiger partial charge < -0.3 is 0 Å². The molecule has 0 amide bonds. The lowest BCUT2D eigenvalue weighted by Crippen LogP contribution is -2.16. The summed E-state index contributed by atoms with van der Waals surface area (Å²) in [7, 11) is 0. The highest BCUT2D eigenvalue weighted by Crippen LogP contribution is 2.37. The summed E-state index contributed by atoms with van der Waals surface area (Å²) < 4.78 is 0. The molecule has 1 aromatic rings. The SMILES string of the molecule is C=C(/C=C\c1ccccc1C)SC1CCCC(CC)C1. The van der Waals surface area contributed by atoms with Gasteiger partial charge in [0.25, 0.3) is 0 Å². The molecular weight excluding hydrogens is 260 g/mol. The summed E-state index contributed by atoms with van der Waals surface area (Å²) in [6.07, 6.45) is 11.3. The Kier molecular flexibility index (Phi) is 5.97. The Bertz CT molecular complexity index is 472. The predicted octanol–water partition coefficient (Wildman–Crippen LogP) is 6.22. The third-order valence-electron chi connectivity index (χ3n) is 4.27. The maximum Gasteiger partial charge on any atom is 0.00968 e. The molecule has 0 aromatic heterocycles. The van der Waals surface area contributed by atoms with Gasteiger partial charge in [-0.15, -0.1) is 11.8 Å². The lowest BCUT2D eigenvalue weighted by Gasteiger charge is -2.28. The summed E-state index contributed by atoms with van der Waals surface area (Å²) in [5.41, 5.74) is 2.62. The Hall–Kier alpha value is -0.950. The highest BCUT2D eigenvalue weighted by Gasteiger charge is 2.21. The molecule has 0 heterocycles. The summed E-state index contributed by atoms with van der Waals surface area (Å²) in [5.74, 6) is 0.939. The van der Waals surface area contributed by atoms with Crippen molar-refractivity contribution in [2.24, 2.45) is 5.92 Å². The number of hydrogen-bond acceptors (Lipinski definition) is 1. The number of aryl methyl sites for hydroxylation is 1. The van der Waals surface area contributed by atoms with Crippen LogP contribution in [0.4, 0.5) is 0 Å². The molecule has 2 unspecified atom stereocenters. The zero-order valence-electron chi connectivity index (χ0n) is 12.8. The van der Waals surface area contributed by atoms with Crippen LogP contribution in [0.25, 0.3) is 6.08 Å². The van der Waals surface area contributed by atoms with Gasteiger partial charge in [0.2, 0.25) is 0 Å². The molecule has 0 radical (unpaired) electrons. The van der Waals surface area contributed by atoms with E-state index in [1.54, 1.807) is 0 Å². The Morgan fingerprint density at radius 3 is 2.90 bits per heavy atom. The highest BCUT2D eigenvalue weighted by molar-refractivity contribution is 8.03. The maximum atomic E-state index is 4.22. The second kappa shape index (κ2) is 7.73. The van der Waals surface area contributed by atoms with Crippen LogP contribution in [0.15, 0.2) is 41.8 Å². The van der Waals surface area contributed by atoms with E-state index in [9.17, 15) is 0 Å². The van der Waals surface area contributed by atoms with Crippen LogP contribution in [0.5, 0.6) is 0 Å². The minimum atomic E-state index is 0.780. The second-order valence-corrected chi connectivity index (χ2v) is 7.26. The number of thioether (sulfide) groups is 1. The van der Waals surface area contributed by atoms with Crippen LogP contribution < -0.4 is 0 Å². The first-order valence-electron chi connectivity index (χ1n) is 7.78. The average Bonchev–Trinajstić information content (AvgIpc) is 2.46. The first-order chi connectivity index (χ1) is 9.69.